The summed E-state index contributed by atoms with van der Waals surface area (Å²) in [5.41, 5.74) is 0. The molecule has 16 heavy (non-hydrogen) atoms. The van der Waals surface area contributed by atoms with Crippen molar-refractivity contribution in [3.8, 4) is 0 Å². The molecular formula is C10H16N2O4. The molecule has 1 aliphatic rings. The third kappa shape index (κ3) is 3.13. The third-order valence-electron chi connectivity index (χ3n) is 2.33. The monoisotopic (exact) mass is 228 g/mol. The van der Waals surface area contributed by atoms with Gasteiger partial charge in [0.25, 0.3) is 0 Å². The smallest absolute Gasteiger partial charge is 0.215 e. The zero-order chi connectivity index (χ0) is 12.0. The van der Waals surface area contributed by atoms with Gasteiger partial charge in [0.15, 0.2) is 0 Å². The lowest BCUT2D eigenvalue weighted by Gasteiger charge is -2.20. The van der Waals surface area contributed by atoms with Crippen LogP contribution in [0.3, 0.4) is 0 Å². The second-order valence-corrected chi connectivity index (χ2v) is 3.42. The number of allylic oxidation sites excluding steroid dienone is 1. The topological polar surface area (TPSA) is 82.4 Å². The molecule has 1 aliphatic heterocycles. The van der Waals surface area contributed by atoms with Gasteiger partial charge in [0.2, 0.25) is 6.41 Å². The van der Waals surface area contributed by atoms with E-state index in [1.165, 1.54) is 17.3 Å². The Morgan fingerprint density at radius 2 is 2.38 bits per heavy atom. The number of amides is 1. The summed E-state index contributed by atoms with van der Waals surface area (Å²) in [6, 6.07) is 0. The molecule has 1 rings (SSSR count). The van der Waals surface area contributed by atoms with E-state index in [2.05, 4.69) is 4.99 Å². The Balaban J connectivity index is 2.58. The van der Waals surface area contributed by atoms with Gasteiger partial charge in [-0.15, -0.1) is 0 Å². The van der Waals surface area contributed by atoms with Crippen LogP contribution in [0.1, 0.15) is 6.42 Å². The summed E-state index contributed by atoms with van der Waals surface area (Å²) in [5, 5.41) is 18.4. The Labute approximate surface area is 93.8 Å². The minimum absolute atomic E-state index is 0.259. The molecule has 1 saturated heterocycles. The number of nitrogens with zero attached hydrogens (tertiary/aromatic N) is 2. The van der Waals surface area contributed by atoms with Gasteiger partial charge in [-0.25, -0.2) is 0 Å². The van der Waals surface area contributed by atoms with Crippen LogP contribution in [0.4, 0.5) is 0 Å². The molecule has 0 bridgehead atoms. The number of carbonyl (C=O) groups excluding carboxylic acids is 1. The summed E-state index contributed by atoms with van der Waals surface area (Å²) in [4.78, 5) is 15.8. The summed E-state index contributed by atoms with van der Waals surface area (Å²) >= 11 is 0. The number of aliphatic imine (C=N–C) groups is 1. The Hall–Kier alpha value is -1.24. The summed E-state index contributed by atoms with van der Waals surface area (Å²) < 4.78 is 5.31. The van der Waals surface area contributed by atoms with Crippen molar-refractivity contribution in [2.75, 3.05) is 13.7 Å². The number of aliphatic hydroxyl groups excluding tert-OH is 2. The summed E-state index contributed by atoms with van der Waals surface area (Å²) in [6.07, 6.45) is 3.63. The van der Waals surface area contributed by atoms with E-state index in [0.29, 0.717) is 6.41 Å². The van der Waals surface area contributed by atoms with Crippen molar-refractivity contribution in [1.82, 2.24) is 4.90 Å². The van der Waals surface area contributed by atoms with E-state index < -0.39 is 18.4 Å². The lowest BCUT2D eigenvalue weighted by Crippen LogP contribution is -2.30. The molecule has 3 unspecified atom stereocenters. The second kappa shape index (κ2) is 6.37. The van der Waals surface area contributed by atoms with Gasteiger partial charge < -0.3 is 14.9 Å². The van der Waals surface area contributed by atoms with Gasteiger partial charge >= 0.3 is 0 Å². The second-order valence-electron chi connectivity index (χ2n) is 3.42. The first-order chi connectivity index (χ1) is 7.72. The van der Waals surface area contributed by atoms with Gasteiger partial charge in [-0.05, 0) is 6.08 Å². The van der Waals surface area contributed by atoms with E-state index in [9.17, 15) is 9.90 Å². The standard InChI is InChI=1S/C10H16N2O4/c1-11-3-2-4-12(7-14)10-5-8(15)9(6-13)16-10/h2-4,7-10,13,15H,5-6H2,1H3/b4-2-,11-3?. The van der Waals surface area contributed by atoms with Crippen LogP contribution in [0.15, 0.2) is 17.3 Å². The number of hydrogen-bond acceptors (Lipinski definition) is 5. The third-order valence-corrected chi connectivity index (χ3v) is 2.33. The minimum atomic E-state index is -0.745. The van der Waals surface area contributed by atoms with E-state index in [-0.39, 0.29) is 13.0 Å². The van der Waals surface area contributed by atoms with Crippen molar-refractivity contribution in [2.24, 2.45) is 4.99 Å². The molecule has 0 aromatic heterocycles. The average Bonchev–Trinajstić information content (AvgIpc) is 2.66. The largest absolute Gasteiger partial charge is 0.394 e. The molecular weight excluding hydrogens is 212 g/mol. The summed E-state index contributed by atoms with van der Waals surface area (Å²) in [7, 11) is 1.62. The number of rotatable bonds is 5. The fourth-order valence-corrected chi connectivity index (χ4v) is 1.49. The highest BCUT2D eigenvalue weighted by molar-refractivity contribution is 5.71. The highest BCUT2D eigenvalue weighted by Gasteiger charge is 2.35. The molecule has 0 aromatic rings. The lowest BCUT2D eigenvalue weighted by atomic mass is 10.2. The number of ether oxygens (including phenoxy) is 1. The van der Waals surface area contributed by atoms with Crippen LogP contribution in [0, 0.1) is 0 Å². The number of hydrogen-bond donors (Lipinski definition) is 2. The molecule has 6 heteroatoms. The van der Waals surface area contributed by atoms with Gasteiger partial charge in [-0.3, -0.25) is 14.7 Å². The van der Waals surface area contributed by atoms with Crippen LogP contribution in [0.25, 0.3) is 0 Å². The molecule has 1 amide bonds. The van der Waals surface area contributed by atoms with Crippen molar-refractivity contribution in [2.45, 2.75) is 24.9 Å². The first kappa shape index (κ1) is 12.8. The predicted octanol–water partition coefficient (Wildman–Crippen LogP) is -0.873. The molecule has 0 radical (unpaired) electrons. The normalized spacial score (nSPS) is 30.3. The Kier molecular flexibility index (Phi) is 5.10. The maximum atomic E-state index is 10.8. The molecule has 0 saturated carbocycles. The molecule has 0 aliphatic carbocycles. The molecule has 3 atom stereocenters. The number of aliphatic hydroxyl groups is 2. The minimum Gasteiger partial charge on any atom is -0.394 e. The van der Waals surface area contributed by atoms with Crippen molar-refractivity contribution < 1.29 is 19.7 Å². The number of carbonyl (C=O) groups is 1. The van der Waals surface area contributed by atoms with Crippen molar-refractivity contribution in [3.05, 3.63) is 12.3 Å². The highest BCUT2D eigenvalue weighted by Crippen LogP contribution is 2.22. The van der Waals surface area contributed by atoms with Crippen molar-refractivity contribution in [1.29, 1.82) is 0 Å². The van der Waals surface area contributed by atoms with E-state index in [0.717, 1.165) is 0 Å². The Morgan fingerprint density at radius 3 is 2.88 bits per heavy atom. The van der Waals surface area contributed by atoms with Gasteiger partial charge in [0.1, 0.15) is 12.3 Å². The predicted molar refractivity (Wildman–Crippen MR) is 57.8 cm³/mol. The molecule has 1 fully saturated rings. The maximum Gasteiger partial charge on any atom is 0.215 e. The molecule has 6 nitrogen and oxygen atoms in total. The van der Waals surface area contributed by atoms with Crippen LogP contribution in [-0.4, -0.2) is 59.8 Å². The lowest BCUT2D eigenvalue weighted by molar-refractivity contribution is -0.127. The first-order valence-corrected chi connectivity index (χ1v) is 4.99. The fourth-order valence-electron chi connectivity index (χ4n) is 1.49. The van der Waals surface area contributed by atoms with Gasteiger partial charge in [0.05, 0.1) is 12.7 Å². The zero-order valence-electron chi connectivity index (χ0n) is 9.06. The van der Waals surface area contributed by atoms with Gasteiger partial charge in [-0.2, -0.15) is 0 Å². The van der Waals surface area contributed by atoms with Crippen molar-refractivity contribution in [3.63, 3.8) is 0 Å². The van der Waals surface area contributed by atoms with Gasteiger partial charge in [-0.1, -0.05) is 0 Å². The summed E-state index contributed by atoms with van der Waals surface area (Å²) in [5.74, 6) is 0. The maximum absolute atomic E-state index is 10.8. The van der Waals surface area contributed by atoms with E-state index >= 15 is 0 Å². The fraction of sp³-hybridized carbons (Fsp3) is 0.600. The van der Waals surface area contributed by atoms with E-state index in [4.69, 9.17) is 9.84 Å². The van der Waals surface area contributed by atoms with Crippen molar-refractivity contribution >= 4 is 12.6 Å². The SMILES string of the molecule is CN=C/C=C\N(C=O)C1CC(O)C(CO)O1. The summed E-state index contributed by atoms with van der Waals surface area (Å²) in [6.45, 7) is -0.259. The Morgan fingerprint density at radius 1 is 1.62 bits per heavy atom. The zero-order valence-corrected chi connectivity index (χ0v) is 9.06. The quantitative estimate of drug-likeness (QED) is 0.473. The highest BCUT2D eigenvalue weighted by atomic mass is 16.5. The average molecular weight is 228 g/mol. The van der Waals surface area contributed by atoms with Gasteiger partial charge in [0, 0.05) is 25.9 Å². The van der Waals surface area contributed by atoms with E-state index in [1.807, 2.05) is 0 Å². The molecule has 1 heterocycles. The molecule has 90 valence electrons. The van der Waals surface area contributed by atoms with Crippen LogP contribution >= 0.6 is 0 Å². The van der Waals surface area contributed by atoms with Crippen LogP contribution < -0.4 is 0 Å². The van der Waals surface area contributed by atoms with Crippen LogP contribution in [0.2, 0.25) is 0 Å². The van der Waals surface area contributed by atoms with Crippen LogP contribution in [0.5, 0.6) is 0 Å². The van der Waals surface area contributed by atoms with E-state index in [1.54, 1.807) is 13.1 Å². The molecule has 0 spiro atoms. The Bertz CT molecular complexity index is 280. The molecule has 2 N–H and O–H groups in total. The van der Waals surface area contributed by atoms with Crippen LogP contribution in [-0.2, 0) is 9.53 Å². The molecule has 0 aromatic carbocycles. The first-order valence-electron chi connectivity index (χ1n) is 4.99.